The van der Waals surface area contributed by atoms with Crippen molar-refractivity contribution in [2.45, 2.75) is 20.3 Å². The number of terminal acetylenes is 1. The quantitative estimate of drug-likeness (QED) is 0.156. The number of nitrogens with zero attached hydrogens (tertiary/aromatic N) is 3. The van der Waals surface area contributed by atoms with Crippen LogP contribution in [0.15, 0.2) is 116 Å². The SMILES string of the molecule is C#C/C(C=C)=C(/C=C\C)Nc1nc2ccc(-c3ccc(NC)cc3)cn2n1.C=CCc1ccccc1C. The molecule has 0 radical (unpaired) electrons. The number of hydrogen-bond acceptors (Lipinski definition) is 4. The van der Waals surface area contributed by atoms with Gasteiger partial charge in [0.15, 0.2) is 5.65 Å². The van der Waals surface area contributed by atoms with E-state index in [4.69, 9.17) is 6.42 Å². The number of fused-ring (bicyclic) bond motifs is 1. The number of anilines is 2. The van der Waals surface area contributed by atoms with Crippen LogP contribution in [-0.4, -0.2) is 21.6 Å². The van der Waals surface area contributed by atoms with Gasteiger partial charge in [0.1, 0.15) is 0 Å². The van der Waals surface area contributed by atoms with Crippen LogP contribution in [0.3, 0.4) is 0 Å². The van der Waals surface area contributed by atoms with Gasteiger partial charge < -0.3 is 10.6 Å². The smallest absolute Gasteiger partial charge is 0.247 e. The highest BCUT2D eigenvalue weighted by Crippen LogP contribution is 2.22. The van der Waals surface area contributed by atoms with Crippen LogP contribution in [0.2, 0.25) is 0 Å². The normalized spacial score (nSPS) is 11.2. The maximum Gasteiger partial charge on any atom is 0.247 e. The van der Waals surface area contributed by atoms with Crippen LogP contribution >= 0.6 is 0 Å². The maximum atomic E-state index is 5.54. The molecule has 2 aromatic heterocycles. The number of aromatic nitrogens is 3. The van der Waals surface area contributed by atoms with E-state index in [2.05, 4.69) is 83.1 Å². The van der Waals surface area contributed by atoms with Gasteiger partial charge in [0.2, 0.25) is 5.95 Å². The molecule has 2 N–H and O–H groups in total. The Hall–Kier alpha value is -4.82. The number of pyridine rings is 1. The van der Waals surface area contributed by atoms with E-state index >= 15 is 0 Å². The fraction of sp³-hybridized carbons (Fsp3) is 0.125. The zero-order chi connectivity index (χ0) is 26.6. The lowest BCUT2D eigenvalue weighted by Gasteiger charge is -2.04. The van der Waals surface area contributed by atoms with Gasteiger partial charge in [-0.3, -0.25) is 0 Å². The predicted molar refractivity (Wildman–Crippen MR) is 158 cm³/mol. The van der Waals surface area contributed by atoms with Gasteiger partial charge >= 0.3 is 0 Å². The van der Waals surface area contributed by atoms with E-state index < -0.39 is 0 Å². The van der Waals surface area contributed by atoms with Crippen LogP contribution < -0.4 is 10.6 Å². The average molecular weight is 488 g/mol. The molecule has 0 fully saturated rings. The molecule has 4 rings (SSSR count). The second kappa shape index (κ2) is 13.3. The molecule has 0 amide bonds. The molecule has 4 aromatic rings. The number of rotatable bonds is 8. The Labute approximate surface area is 220 Å². The Bertz CT molecular complexity index is 1460. The summed E-state index contributed by atoms with van der Waals surface area (Å²) in [4.78, 5) is 4.51. The summed E-state index contributed by atoms with van der Waals surface area (Å²) in [6, 6.07) is 20.6. The van der Waals surface area contributed by atoms with Gasteiger partial charge in [0, 0.05) is 30.1 Å². The Morgan fingerprint density at radius 3 is 2.41 bits per heavy atom. The van der Waals surface area contributed by atoms with Crippen molar-refractivity contribution in [3.63, 3.8) is 0 Å². The average Bonchev–Trinajstić information content (AvgIpc) is 3.33. The van der Waals surface area contributed by atoms with Crippen molar-refractivity contribution in [3.05, 3.63) is 127 Å². The summed E-state index contributed by atoms with van der Waals surface area (Å²) >= 11 is 0. The molecule has 0 unspecified atom stereocenters. The zero-order valence-electron chi connectivity index (χ0n) is 21.7. The van der Waals surface area contributed by atoms with Gasteiger partial charge in [-0.1, -0.05) is 67.1 Å². The lowest BCUT2D eigenvalue weighted by Crippen LogP contribution is -2.02. The summed E-state index contributed by atoms with van der Waals surface area (Å²) < 4.78 is 1.75. The second-order valence-electron chi connectivity index (χ2n) is 8.20. The first-order valence-electron chi connectivity index (χ1n) is 12.1. The minimum atomic E-state index is 0.473. The van der Waals surface area contributed by atoms with Crippen molar-refractivity contribution in [3.8, 4) is 23.5 Å². The van der Waals surface area contributed by atoms with Crippen LogP contribution in [-0.2, 0) is 6.42 Å². The molecular weight excluding hydrogens is 454 g/mol. The Balaban J connectivity index is 0.000000319. The summed E-state index contributed by atoms with van der Waals surface area (Å²) in [7, 11) is 1.90. The van der Waals surface area contributed by atoms with Crippen molar-refractivity contribution in [1.29, 1.82) is 0 Å². The Morgan fingerprint density at radius 2 is 1.78 bits per heavy atom. The molecule has 2 aromatic carbocycles. The first-order chi connectivity index (χ1) is 18.0. The van der Waals surface area contributed by atoms with Crippen molar-refractivity contribution in [2.75, 3.05) is 17.7 Å². The minimum absolute atomic E-state index is 0.473. The third-order valence-corrected chi connectivity index (χ3v) is 5.69. The largest absolute Gasteiger partial charge is 0.388 e. The highest BCUT2D eigenvalue weighted by atomic mass is 15.3. The van der Waals surface area contributed by atoms with Gasteiger partial charge in [-0.2, -0.15) is 4.98 Å². The number of benzene rings is 2. The standard InChI is InChI=1S/C22H21N5.C10H12/c1-5-8-20(16(6-2)7-3)24-22-25-21-14-11-18(15-27(21)26-22)17-9-12-19(23-4)13-10-17;1-3-6-10-8-5-4-7-9(10)2/h2,5,7-15,23H,3H2,1,4H3,(H,24,26);3-5,7-8H,1,6H2,2H3/b8-5-,20-16+;. The third-order valence-electron chi connectivity index (χ3n) is 5.69. The molecule has 0 aliphatic carbocycles. The van der Waals surface area contributed by atoms with Crippen LogP contribution in [0, 0.1) is 19.3 Å². The van der Waals surface area contributed by atoms with E-state index in [1.807, 2.05) is 62.7 Å². The molecule has 0 atom stereocenters. The first-order valence-corrected chi connectivity index (χ1v) is 12.1. The first kappa shape index (κ1) is 26.8. The monoisotopic (exact) mass is 487 g/mol. The molecule has 0 aliphatic heterocycles. The van der Waals surface area contributed by atoms with Crippen molar-refractivity contribution in [1.82, 2.24) is 14.6 Å². The van der Waals surface area contributed by atoms with Crippen molar-refractivity contribution in [2.24, 2.45) is 0 Å². The van der Waals surface area contributed by atoms with Crippen LogP contribution in [0.5, 0.6) is 0 Å². The van der Waals surface area contributed by atoms with E-state index in [1.54, 1.807) is 10.6 Å². The Kier molecular flexibility index (Phi) is 9.64. The molecule has 0 saturated carbocycles. The number of aryl methyl sites for hydroxylation is 1. The fourth-order valence-electron chi connectivity index (χ4n) is 3.66. The third kappa shape index (κ3) is 7.09. The van der Waals surface area contributed by atoms with Crippen molar-refractivity contribution < 1.29 is 0 Å². The topological polar surface area (TPSA) is 54.2 Å². The highest BCUT2D eigenvalue weighted by molar-refractivity contribution is 5.67. The Morgan fingerprint density at radius 1 is 1.05 bits per heavy atom. The van der Waals surface area contributed by atoms with Gasteiger partial charge in [-0.15, -0.1) is 18.1 Å². The predicted octanol–water partition coefficient (Wildman–Crippen LogP) is 7.22. The molecule has 186 valence electrons. The van der Waals surface area contributed by atoms with E-state index in [0.717, 1.165) is 34.6 Å². The highest BCUT2D eigenvalue weighted by Gasteiger charge is 2.08. The van der Waals surface area contributed by atoms with E-state index in [9.17, 15) is 0 Å². The summed E-state index contributed by atoms with van der Waals surface area (Å²) in [5.41, 5.74) is 8.08. The zero-order valence-corrected chi connectivity index (χ0v) is 21.7. The van der Waals surface area contributed by atoms with Gasteiger partial charge in [-0.25, -0.2) is 4.52 Å². The summed E-state index contributed by atoms with van der Waals surface area (Å²) in [6.45, 7) is 11.5. The molecule has 2 heterocycles. The lowest BCUT2D eigenvalue weighted by atomic mass is 10.1. The minimum Gasteiger partial charge on any atom is -0.388 e. The van der Waals surface area contributed by atoms with Gasteiger partial charge in [0.05, 0.1) is 5.70 Å². The molecule has 37 heavy (non-hydrogen) atoms. The molecule has 0 aliphatic rings. The van der Waals surface area contributed by atoms with E-state index in [0.29, 0.717) is 11.5 Å². The van der Waals surface area contributed by atoms with Crippen LogP contribution in [0.1, 0.15) is 18.1 Å². The van der Waals surface area contributed by atoms with Crippen molar-refractivity contribution >= 4 is 17.3 Å². The molecule has 0 saturated heterocycles. The van der Waals surface area contributed by atoms with Crippen LogP contribution in [0.25, 0.3) is 16.8 Å². The fourth-order valence-corrected chi connectivity index (χ4v) is 3.66. The molecule has 0 spiro atoms. The summed E-state index contributed by atoms with van der Waals surface area (Å²) in [6.07, 6.45) is 15.8. The number of hydrogen-bond donors (Lipinski definition) is 2. The van der Waals surface area contributed by atoms with Crippen LogP contribution in [0.4, 0.5) is 11.6 Å². The number of nitrogens with one attached hydrogen (secondary N) is 2. The van der Waals surface area contributed by atoms with Gasteiger partial charge in [0.25, 0.3) is 0 Å². The molecular formula is C32H33N5. The maximum absolute atomic E-state index is 5.54. The van der Waals surface area contributed by atoms with E-state index in [-0.39, 0.29) is 0 Å². The molecule has 0 bridgehead atoms. The number of allylic oxidation sites excluding steroid dienone is 5. The second-order valence-corrected chi connectivity index (χ2v) is 8.20. The van der Waals surface area contributed by atoms with E-state index in [1.165, 1.54) is 11.1 Å². The summed E-state index contributed by atoms with van der Waals surface area (Å²) in [5.74, 6) is 3.08. The molecule has 5 heteroatoms. The summed E-state index contributed by atoms with van der Waals surface area (Å²) in [5, 5.41) is 10.8. The molecule has 5 nitrogen and oxygen atoms in total. The lowest BCUT2D eigenvalue weighted by molar-refractivity contribution is 0.965. The van der Waals surface area contributed by atoms with Gasteiger partial charge in [-0.05, 0) is 67.3 Å².